The summed E-state index contributed by atoms with van der Waals surface area (Å²) in [6.45, 7) is 4.06. The average molecular weight is 347 g/mol. The normalized spacial score (nSPS) is 12.2. The number of methoxy groups -OCH3 is 1. The molecule has 1 aromatic carbocycles. The predicted molar refractivity (Wildman–Crippen MR) is 87.6 cm³/mol. The molecule has 8 heteroatoms. The van der Waals surface area contributed by atoms with Crippen LogP contribution >= 0.6 is 0 Å². The van der Waals surface area contributed by atoms with Gasteiger partial charge in [0.25, 0.3) is 0 Å². The molecule has 0 aromatic heterocycles. The SMILES string of the molecule is CN=C(NCc1ccc(OCC(F)(F)F)c(OC)c1)NCC(C)C. The number of ether oxygens (including phenoxy) is 2. The first-order valence-electron chi connectivity index (χ1n) is 7.56. The molecule has 0 aliphatic rings. The van der Waals surface area contributed by atoms with Gasteiger partial charge >= 0.3 is 6.18 Å². The van der Waals surface area contributed by atoms with Gasteiger partial charge in [0.2, 0.25) is 0 Å². The second-order valence-corrected chi connectivity index (χ2v) is 5.59. The number of hydrogen-bond acceptors (Lipinski definition) is 3. The molecule has 1 rings (SSSR count). The molecule has 0 saturated carbocycles. The molecule has 0 aliphatic heterocycles. The Morgan fingerprint density at radius 1 is 1.21 bits per heavy atom. The van der Waals surface area contributed by atoms with Crippen LogP contribution in [0.1, 0.15) is 19.4 Å². The fourth-order valence-electron chi connectivity index (χ4n) is 1.81. The quantitative estimate of drug-likeness (QED) is 0.588. The van der Waals surface area contributed by atoms with Crippen LogP contribution in [-0.4, -0.2) is 39.4 Å². The van der Waals surface area contributed by atoms with Crippen LogP contribution in [-0.2, 0) is 6.54 Å². The summed E-state index contributed by atoms with van der Waals surface area (Å²) in [5.41, 5.74) is 0.832. The van der Waals surface area contributed by atoms with Crippen LogP contribution < -0.4 is 20.1 Å². The van der Waals surface area contributed by atoms with Crippen molar-refractivity contribution in [2.75, 3.05) is 27.3 Å². The molecule has 0 bridgehead atoms. The first kappa shape index (κ1) is 19.9. The molecule has 2 N–H and O–H groups in total. The van der Waals surface area contributed by atoms with E-state index in [0.29, 0.717) is 18.4 Å². The summed E-state index contributed by atoms with van der Waals surface area (Å²) in [4.78, 5) is 4.11. The van der Waals surface area contributed by atoms with Gasteiger partial charge in [0.15, 0.2) is 24.1 Å². The van der Waals surface area contributed by atoms with E-state index in [1.807, 2.05) is 0 Å². The number of rotatable bonds is 7. The molecule has 0 aliphatic carbocycles. The van der Waals surface area contributed by atoms with Crippen molar-refractivity contribution in [3.63, 3.8) is 0 Å². The van der Waals surface area contributed by atoms with E-state index in [4.69, 9.17) is 9.47 Å². The highest BCUT2D eigenvalue weighted by atomic mass is 19.4. The summed E-state index contributed by atoms with van der Waals surface area (Å²) in [6, 6.07) is 4.78. The smallest absolute Gasteiger partial charge is 0.422 e. The monoisotopic (exact) mass is 347 g/mol. The van der Waals surface area contributed by atoms with Crippen molar-refractivity contribution in [1.29, 1.82) is 0 Å². The van der Waals surface area contributed by atoms with Crippen LogP contribution in [0, 0.1) is 5.92 Å². The zero-order valence-corrected chi connectivity index (χ0v) is 14.3. The van der Waals surface area contributed by atoms with Crippen LogP contribution in [0.3, 0.4) is 0 Å². The first-order chi connectivity index (χ1) is 11.2. The van der Waals surface area contributed by atoms with E-state index in [-0.39, 0.29) is 11.5 Å². The lowest BCUT2D eigenvalue weighted by molar-refractivity contribution is -0.153. The summed E-state index contributed by atoms with van der Waals surface area (Å²) in [5.74, 6) is 1.44. The van der Waals surface area contributed by atoms with E-state index >= 15 is 0 Å². The van der Waals surface area contributed by atoms with Gasteiger partial charge in [-0.1, -0.05) is 19.9 Å². The molecule has 0 radical (unpaired) electrons. The van der Waals surface area contributed by atoms with Crippen LogP contribution in [0.5, 0.6) is 11.5 Å². The van der Waals surface area contributed by atoms with Crippen molar-refractivity contribution < 1.29 is 22.6 Å². The van der Waals surface area contributed by atoms with Gasteiger partial charge in [-0.25, -0.2) is 0 Å². The molecule has 0 amide bonds. The summed E-state index contributed by atoms with van der Waals surface area (Å²) < 4.78 is 46.6. The Hall–Kier alpha value is -2.12. The minimum atomic E-state index is -4.39. The topological polar surface area (TPSA) is 54.9 Å². The largest absolute Gasteiger partial charge is 0.493 e. The predicted octanol–water partition coefficient (Wildman–Crippen LogP) is 2.96. The van der Waals surface area contributed by atoms with E-state index in [1.54, 1.807) is 19.2 Å². The minimum Gasteiger partial charge on any atom is -0.493 e. The molecule has 0 atom stereocenters. The Kier molecular flexibility index (Phi) is 7.67. The van der Waals surface area contributed by atoms with Crippen molar-refractivity contribution in [1.82, 2.24) is 10.6 Å². The molecule has 0 unspecified atom stereocenters. The molecular formula is C16H24F3N3O2. The highest BCUT2D eigenvalue weighted by Crippen LogP contribution is 2.29. The van der Waals surface area contributed by atoms with E-state index in [1.165, 1.54) is 13.2 Å². The zero-order chi connectivity index (χ0) is 18.2. The number of hydrogen-bond donors (Lipinski definition) is 2. The maximum absolute atomic E-state index is 12.2. The van der Waals surface area contributed by atoms with Gasteiger partial charge in [0.1, 0.15) is 0 Å². The fourth-order valence-corrected chi connectivity index (χ4v) is 1.81. The fraction of sp³-hybridized carbons (Fsp3) is 0.562. The van der Waals surface area contributed by atoms with E-state index in [9.17, 15) is 13.2 Å². The Bertz CT molecular complexity index is 546. The van der Waals surface area contributed by atoms with Gasteiger partial charge in [0, 0.05) is 20.1 Å². The third-order valence-corrected chi connectivity index (χ3v) is 2.98. The third-order valence-electron chi connectivity index (χ3n) is 2.98. The Morgan fingerprint density at radius 2 is 1.92 bits per heavy atom. The van der Waals surface area contributed by atoms with Crippen molar-refractivity contribution in [2.45, 2.75) is 26.6 Å². The van der Waals surface area contributed by atoms with Crippen molar-refractivity contribution in [3.05, 3.63) is 23.8 Å². The van der Waals surface area contributed by atoms with Crippen molar-refractivity contribution in [2.24, 2.45) is 10.9 Å². The molecule has 0 saturated heterocycles. The Morgan fingerprint density at radius 3 is 2.46 bits per heavy atom. The van der Waals surface area contributed by atoms with Crippen LogP contribution in [0.2, 0.25) is 0 Å². The van der Waals surface area contributed by atoms with Gasteiger partial charge in [0.05, 0.1) is 7.11 Å². The molecule has 0 spiro atoms. The van der Waals surface area contributed by atoms with Gasteiger partial charge in [-0.15, -0.1) is 0 Å². The Balaban J connectivity index is 2.66. The highest BCUT2D eigenvalue weighted by Gasteiger charge is 2.29. The lowest BCUT2D eigenvalue weighted by Crippen LogP contribution is -2.38. The average Bonchev–Trinajstić information content (AvgIpc) is 2.52. The third kappa shape index (κ3) is 7.43. The van der Waals surface area contributed by atoms with Crippen LogP contribution in [0.25, 0.3) is 0 Å². The van der Waals surface area contributed by atoms with Crippen LogP contribution in [0.15, 0.2) is 23.2 Å². The number of guanidine groups is 1. The number of benzene rings is 1. The standard InChI is InChI=1S/C16H24F3N3O2/c1-11(2)8-21-15(20-3)22-9-12-5-6-13(14(7-12)23-4)24-10-16(17,18)19/h5-7,11H,8-10H2,1-4H3,(H2,20,21,22). The van der Waals surface area contributed by atoms with Gasteiger partial charge < -0.3 is 20.1 Å². The number of nitrogens with zero attached hydrogens (tertiary/aromatic N) is 1. The molecule has 0 heterocycles. The van der Waals surface area contributed by atoms with E-state index < -0.39 is 12.8 Å². The highest BCUT2D eigenvalue weighted by molar-refractivity contribution is 5.79. The summed E-state index contributed by atoms with van der Waals surface area (Å²) in [7, 11) is 3.06. The number of nitrogens with one attached hydrogen (secondary N) is 2. The summed E-state index contributed by atoms with van der Waals surface area (Å²) in [6.07, 6.45) is -4.39. The van der Waals surface area contributed by atoms with Crippen molar-refractivity contribution >= 4 is 5.96 Å². The number of aliphatic imine (C=N–C) groups is 1. The molecule has 1 aromatic rings. The zero-order valence-electron chi connectivity index (χ0n) is 14.3. The molecule has 5 nitrogen and oxygen atoms in total. The first-order valence-corrected chi connectivity index (χ1v) is 7.56. The molecule has 0 fully saturated rings. The second-order valence-electron chi connectivity index (χ2n) is 5.59. The van der Waals surface area contributed by atoms with Crippen molar-refractivity contribution in [3.8, 4) is 11.5 Å². The van der Waals surface area contributed by atoms with Gasteiger partial charge in [-0.2, -0.15) is 13.2 Å². The molecular weight excluding hydrogens is 323 g/mol. The van der Waals surface area contributed by atoms with E-state index in [0.717, 1.165) is 12.1 Å². The lowest BCUT2D eigenvalue weighted by Gasteiger charge is -2.15. The molecule has 136 valence electrons. The lowest BCUT2D eigenvalue weighted by atomic mass is 10.2. The minimum absolute atomic E-state index is 0.0564. The number of halogens is 3. The Labute approximate surface area is 140 Å². The summed E-state index contributed by atoms with van der Waals surface area (Å²) in [5, 5.41) is 6.30. The maximum Gasteiger partial charge on any atom is 0.422 e. The van der Waals surface area contributed by atoms with Gasteiger partial charge in [-0.05, 0) is 23.6 Å². The second kappa shape index (κ2) is 9.24. The maximum atomic E-state index is 12.2. The van der Waals surface area contributed by atoms with Crippen LogP contribution in [0.4, 0.5) is 13.2 Å². The number of alkyl halides is 3. The van der Waals surface area contributed by atoms with E-state index in [2.05, 4.69) is 29.5 Å². The van der Waals surface area contributed by atoms with Gasteiger partial charge in [-0.3, -0.25) is 4.99 Å². The summed E-state index contributed by atoms with van der Waals surface area (Å²) >= 11 is 0. The molecule has 24 heavy (non-hydrogen) atoms.